The maximum absolute atomic E-state index is 3.66. The Morgan fingerprint density at radius 1 is 0.944 bits per heavy atom. The molecule has 0 saturated heterocycles. The first-order chi connectivity index (χ1) is 8.72. The van der Waals surface area contributed by atoms with Crippen molar-refractivity contribution in [2.75, 3.05) is 0 Å². The molecule has 3 aromatic carbocycles. The lowest BCUT2D eigenvalue weighted by Crippen LogP contribution is -1.88. The second-order valence-corrected chi connectivity index (χ2v) is 5.58. The van der Waals surface area contributed by atoms with Gasteiger partial charge in [0.05, 0.1) is 0 Å². The SMILES string of the molecule is CCc1cccc2ccc3c(Br)ccc(C)c3c12. The smallest absolute Gasteiger partial charge is 0.0254 e. The van der Waals surface area contributed by atoms with E-state index in [9.17, 15) is 0 Å². The molecular weight excluding hydrogens is 284 g/mol. The molecule has 0 aromatic heterocycles. The lowest BCUT2D eigenvalue weighted by molar-refractivity contribution is 1.16. The monoisotopic (exact) mass is 298 g/mol. The molecule has 18 heavy (non-hydrogen) atoms. The molecule has 0 fully saturated rings. The van der Waals surface area contributed by atoms with Gasteiger partial charge < -0.3 is 0 Å². The molecule has 0 heterocycles. The zero-order valence-electron chi connectivity index (χ0n) is 10.6. The first kappa shape index (κ1) is 11.7. The minimum Gasteiger partial charge on any atom is -0.0614 e. The van der Waals surface area contributed by atoms with Crippen LogP contribution in [0.25, 0.3) is 21.5 Å². The fourth-order valence-electron chi connectivity index (χ4n) is 2.73. The van der Waals surface area contributed by atoms with Gasteiger partial charge in [-0.25, -0.2) is 0 Å². The predicted octanol–water partition coefficient (Wildman–Crippen LogP) is 5.63. The minimum atomic E-state index is 1.07. The average Bonchev–Trinajstić information content (AvgIpc) is 2.41. The summed E-state index contributed by atoms with van der Waals surface area (Å²) >= 11 is 3.66. The Morgan fingerprint density at radius 2 is 1.78 bits per heavy atom. The maximum atomic E-state index is 3.66. The third-order valence-electron chi connectivity index (χ3n) is 3.64. The molecule has 0 amide bonds. The highest BCUT2D eigenvalue weighted by atomic mass is 79.9. The van der Waals surface area contributed by atoms with E-state index in [1.807, 2.05) is 0 Å². The summed E-state index contributed by atoms with van der Waals surface area (Å²) in [4.78, 5) is 0. The normalized spacial score (nSPS) is 11.3. The minimum absolute atomic E-state index is 1.07. The molecule has 0 aliphatic carbocycles. The van der Waals surface area contributed by atoms with Crippen LogP contribution in [0.4, 0.5) is 0 Å². The molecular formula is C17H15Br. The zero-order valence-corrected chi connectivity index (χ0v) is 12.2. The van der Waals surface area contributed by atoms with E-state index < -0.39 is 0 Å². The third kappa shape index (κ3) is 1.65. The van der Waals surface area contributed by atoms with Crippen LogP contribution in [0, 0.1) is 6.92 Å². The van der Waals surface area contributed by atoms with Gasteiger partial charge in [-0.15, -0.1) is 0 Å². The molecule has 0 atom stereocenters. The molecule has 90 valence electrons. The predicted molar refractivity (Wildman–Crippen MR) is 83.3 cm³/mol. The number of rotatable bonds is 1. The average molecular weight is 299 g/mol. The molecule has 0 aliphatic heterocycles. The van der Waals surface area contributed by atoms with Gasteiger partial charge in [0.1, 0.15) is 0 Å². The number of hydrogen-bond donors (Lipinski definition) is 0. The van der Waals surface area contributed by atoms with E-state index in [-0.39, 0.29) is 0 Å². The largest absolute Gasteiger partial charge is 0.0614 e. The quantitative estimate of drug-likeness (QED) is 0.511. The number of aryl methyl sites for hydroxylation is 2. The lowest BCUT2D eigenvalue weighted by atomic mass is 9.94. The number of fused-ring (bicyclic) bond motifs is 3. The molecule has 0 saturated carbocycles. The van der Waals surface area contributed by atoms with E-state index in [0.717, 1.165) is 6.42 Å². The number of benzene rings is 3. The lowest BCUT2D eigenvalue weighted by Gasteiger charge is -2.12. The topological polar surface area (TPSA) is 0 Å². The van der Waals surface area contributed by atoms with Crippen LogP contribution in [0.3, 0.4) is 0 Å². The summed E-state index contributed by atoms with van der Waals surface area (Å²) < 4.78 is 1.18. The van der Waals surface area contributed by atoms with E-state index in [1.165, 1.54) is 37.1 Å². The highest BCUT2D eigenvalue weighted by Gasteiger charge is 2.08. The van der Waals surface area contributed by atoms with E-state index in [2.05, 4.69) is 72.2 Å². The fourth-order valence-corrected chi connectivity index (χ4v) is 3.19. The Labute approximate surface area is 116 Å². The van der Waals surface area contributed by atoms with Crippen molar-refractivity contribution >= 4 is 37.5 Å². The first-order valence-corrected chi connectivity index (χ1v) is 7.11. The van der Waals surface area contributed by atoms with Crippen molar-refractivity contribution in [3.8, 4) is 0 Å². The molecule has 0 spiro atoms. The second-order valence-electron chi connectivity index (χ2n) is 4.72. The van der Waals surface area contributed by atoms with Gasteiger partial charge in [0, 0.05) is 4.47 Å². The summed E-state index contributed by atoms with van der Waals surface area (Å²) in [5.41, 5.74) is 2.78. The number of halogens is 1. The Bertz CT molecular complexity index is 741. The third-order valence-corrected chi connectivity index (χ3v) is 4.34. The van der Waals surface area contributed by atoms with Crippen molar-refractivity contribution < 1.29 is 0 Å². The van der Waals surface area contributed by atoms with Crippen LogP contribution >= 0.6 is 15.9 Å². The summed E-state index contributed by atoms with van der Waals surface area (Å²) in [5.74, 6) is 0. The molecule has 0 radical (unpaired) electrons. The Kier molecular flexibility index (Phi) is 2.87. The molecule has 3 aromatic rings. The van der Waals surface area contributed by atoms with Crippen LogP contribution in [-0.4, -0.2) is 0 Å². The van der Waals surface area contributed by atoms with Crippen molar-refractivity contribution in [2.24, 2.45) is 0 Å². The second kappa shape index (κ2) is 4.40. The van der Waals surface area contributed by atoms with Crippen LogP contribution in [0.15, 0.2) is 46.9 Å². The molecule has 0 nitrogen and oxygen atoms in total. The molecule has 0 N–H and O–H groups in total. The molecule has 0 unspecified atom stereocenters. The molecule has 1 heteroatoms. The molecule has 3 rings (SSSR count). The van der Waals surface area contributed by atoms with E-state index >= 15 is 0 Å². The van der Waals surface area contributed by atoms with E-state index in [4.69, 9.17) is 0 Å². The van der Waals surface area contributed by atoms with E-state index in [1.54, 1.807) is 0 Å². The van der Waals surface area contributed by atoms with Crippen molar-refractivity contribution in [3.05, 3.63) is 58.1 Å². The standard InChI is InChI=1S/C17H15Br/c1-3-12-5-4-6-13-8-9-14-15(18)10-7-11(2)16(14)17(12)13/h4-10H,3H2,1-2H3. The van der Waals surface area contributed by atoms with Gasteiger partial charge >= 0.3 is 0 Å². The van der Waals surface area contributed by atoms with Crippen molar-refractivity contribution in [1.29, 1.82) is 0 Å². The summed E-state index contributed by atoms with van der Waals surface area (Å²) in [7, 11) is 0. The van der Waals surface area contributed by atoms with Crippen molar-refractivity contribution in [3.63, 3.8) is 0 Å². The van der Waals surface area contributed by atoms with Crippen LogP contribution in [0.1, 0.15) is 18.1 Å². The van der Waals surface area contributed by atoms with E-state index in [0.29, 0.717) is 0 Å². The van der Waals surface area contributed by atoms with Crippen molar-refractivity contribution in [2.45, 2.75) is 20.3 Å². The van der Waals surface area contributed by atoms with Gasteiger partial charge in [0.15, 0.2) is 0 Å². The maximum Gasteiger partial charge on any atom is 0.0254 e. The summed E-state index contributed by atoms with van der Waals surface area (Å²) in [5, 5.41) is 5.45. The van der Waals surface area contributed by atoms with Crippen LogP contribution in [-0.2, 0) is 6.42 Å². The first-order valence-electron chi connectivity index (χ1n) is 6.32. The van der Waals surface area contributed by atoms with Gasteiger partial charge in [0.25, 0.3) is 0 Å². The Morgan fingerprint density at radius 3 is 2.56 bits per heavy atom. The highest BCUT2D eigenvalue weighted by Crippen LogP contribution is 2.34. The molecule has 0 bridgehead atoms. The van der Waals surface area contributed by atoms with Crippen molar-refractivity contribution in [1.82, 2.24) is 0 Å². The van der Waals surface area contributed by atoms with Gasteiger partial charge in [-0.05, 0) is 52.1 Å². The molecule has 0 aliphatic rings. The summed E-state index contributed by atoms with van der Waals surface area (Å²) in [6.45, 7) is 4.42. The van der Waals surface area contributed by atoms with Gasteiger partial charge in [-0.1, -0.05) is 59.3 Å². The number of hydrogen-bond acceptors (Lipinski definition) is 0. The zero-order chi connectivity index (χ0) is 12.7. The van der Waals surface area contributed by atoms with Gasteiger partial charge in [0.2, 0.25) is 0 Å². The summed E-state index contributed by atoms with van der Waals surface area (Å²) in [6.07, 6.45) is 1.07. The fraction of sp³-hybridized carbons (Fsp3) is 0.176. The van der Waals surface area contributed by atoms with Gasteiger partial charge in [-0.3, -0.25) is 0 Å². The Hall–Kier alpha value is -1.34. The van der Waals surface area contributed by atoms with Crippen LogP contribution in [0.5, 0.6) is 0 Å². The highest BCUT2D eigenvalue weighted by molar-refractivity contribution is 9.10. The summed E-state index contributed by atoms with van der Waals surface area (Å²) in [6, 6.07) is 15.4. The van der Waals surface area contributed by atoms with Crippen LogP contribution < -0.4 is 0 Å². The van der Waals surface area contributed by atoms with Gasteiger partial charge in [-0.2, -0.15) is 0 Å². The van der Waals surface area contributed by atoms with Crippen LogP contribution in [0.2, 0.25) is 0 Å². The Balaban J connectivity index is 2.63.